The van der Waals surface area contributed by atoms with Crippen LogP contribution >= 0.6 is 0 Å². The molecule has 4 fully saturated rings. The van der Waals surface area contributed by atoms with E-state index >= 15 is 0 Å². The van der Waals surface area contributed by atoms with Crippen LogP contribution in [0.1, 0.15) is 44.9 Å². The molecule has 4 aliphatic carbocycles. The zero-order valence-corrected chi connectivity index (χ0v) is 16.0. The molecule has 0 atom stereocenters. The summed E-state index contributed by atoms with van der Waals surface area (Å²) in [5.41, 5.74) is -0.327. The molecule has 4 aliphatic rings. The largest absolute Gasteiger partial charge is 0.743 e. The Morgan fingerprint density at radius 2 is 1.37 bits per heavy atom. The van der Waals surface area contributed by atoms with E-state index in [4.69, 9.17) is 4.18 Å². The summed E-state index contributed by atoms with van der Waals surface area (Å²) in [7, 11) is -11.2. The lowest BCUT2D eigenvalue weighted by Gasteiger charge is -2.56. The zero-order valence-electron chi connectivity index (χ0n) is 14.4. The molecule has 0 aliphatic heterocycles. The molecule has 4 bridgehead atoms. The standard InChI is InChI=1S/C15H22F4O6S2/c16-14(17,15(18,19)27(22,23)24)1-2-26(20,21)25-9-13-6-10-3-11(7-13)5-12(4-10)8-13/h10-12H,1-9H2,(H,22,23,24)/p-1. The minimum Gasteiger partial charge on any atom is -0.743 e. The van der Waals surface area contributed by atoms with Gasteiger partial charge in [0.05, 0.1) is 12.4 Å². The van der Waals surface area contributed by atoms with Crippen LogP contribution in [0, 0.1) is 23.2 Å². The molecule has 0 N–H and O–H groups in total. The molecule has 0 aromatic rings. The molecule has 0 aromatic heterocycles. The zero-order chi connectivity index (χ0) is 20.3. The lowest BCUT2D eigenvalue weighted by atomic mass is 9.50. The summed E-state index contributed by atoms with van der Waals surface area (Å²) in [5, 5.41) is -5.89. The van der Waals surface area contributed by atoms with Crippen LogP contribution in [-0.2, 0) is 24.4 Å². The third kappa shape index (κ3) is 4.13. The monoisotopic (exact) mass is 437 g/mol. The molecule has 4 rings (SSSR count). The van der Waals surface area contributed by atoms with E-state index in [-0.39, 0.29) is 12.0 Å². The second-order valence-corrected chi connectivity index (χ2v) is 11.5. The highest BCUT2D eigenvalue weighted by Crippen LogP contribution is 2.60. The fraction of sp³-hybridized carbons (Fsp3) is 1.00. The number of halogens is 4. The van der Waals surface area contributed by atoms with Gasteiger partial charge in [-0.25, -0.2) is 8.42 Å². The van der Waals surface area contributed by atoms with Gasteiger partial charge in [0.2, 0.25) is 0 Å². The third-order valence-corrected chi connectivity index (χ3v) is 8.22. The van der Waals surface area contributed by atoms with Crippen molar-refractivity contribution < 1.29 is 43.1 Å². The number of alkyl halides is 4. The second kappa shape index (κ2) is 6.53. The van der Waals surface area contributed by atoms with Crippen LogP contribution in [0.25, 0.3) is 0 Å². The van der Waals surface area contributed by atoms with E-state index in [2.05, 4.69) is 0 Å². The van der Waals surface area contributed by atoms with Gasteiger partial charge in [0.1, 0.15) is 0 Å². The first-order valence-electron chi connectivity index (χ1n) is 8.73. The molecule has 0 heterocycles. The van der Waals surface area contributed by atoms with E-state index in [0.717, 1.165) is 38.5 Å². The minimum absolute atomic E-state index is 0.180. The summed E-state index contributed by atoms with van der Waals surface area (Å²) in [5.74, 6) is -5.30. The Labute approximate surface area is 155 Å². The molecule has 27 heavy (non-hydrogen) atoms. The van der Waals surface area contributed by atoms with Crippen molar-refractivity contribution in [2.45, 2.75) is 56.1 Å². The first kappa shape index (κ1) is 21.3. The molecule has 0 amide bonds. The fourth-order valence-corrected chi connectivity index (χ4v) is 6.84. The average molecular weight is 437 g/mol. The van der Waals surface area contributed by atoms with Crippen LogP contribution in [0.15, 0.2) is 0 Å². The molecule has 6 nitrogen and oxygen atoms in total. The Bertz CT molecular complexity index is 758. The highest BCUT2D eigenvalue weighted by molar-refractivity contribution is 7.87. The van der Waals surface area contributed by atoms with Gasteiger partial charge in [0.25, 0.3) is 10.1 Å². The SMILES string of the molecule is O=S(=O)(CCC(F)(F)C(F)(F)S(=O)(=O)[O-])OCC12CC3CC(CC(C3)C1)C2. The molecule has 0 radical (unpaired) electrons. The molecule has 158 valence electrons. The van der Waals surface area contributed by atoms with E-state index < -0.39 is 43.6 Å². The van der Waals surface area contributed by atoms with Gasteiger partial charge in [-0.15, -0.1) is 0 Å². The second-order valence-electron chi connectivity index (χ2n) is 8.37. The quantitative estimate of drug-likeness (QED) is 0.329. The predicted molar refractivity (Wildman–Crippen MR) is 84.6 cm³/mol. The van der Waals surface area contributed by atoms with Crippen LogP contribution in [0.3, 0.4) is 0 Å². The van der Waals surface area contributed by atoms with Crippen molar-refractivity contribution in [1.82, 2.24) is 0 Å². The molecular formula is C15H21F4O6S2-. The maximum Gasteiger partial charge on any atom is 0.396 e. The normalized spacial score (nSPS) is 34.2. The van der Waals surface area contributed by atoms with Crippen molar-refractivity contribution in [1.29, 1.82) is 0 Å². The minimum atomic E-state index is -6.64. The molecule has 12 heteroatoms. The fourth-order valence-electron chi connectivity index (χ4n) is 5.32. The first-order valence-corrected chi connectivity index (χ1v) is 11.7. The van der Waals surface area contributed by atoms with E-state index in [9.17, 15) is 39.0 Å². The summed E-state index contributed by atoms with van der Waals surface area (Å²) in [6.45, 7) is -0.180. The van der Waals surface area contributed by atoms with Crippen molar-refractivity contribution >= 4 is 20.2 Å². The lowest BCUT2D eigenvalue weighted by Crippen LogP contribution is -2.49. The maximum atomic E-state index is 13.4. The first-order chi connectivity index (χ1) is 12.1. The van der Waals surface area contributed by atoms with Crippen molar-refractivity contribution in [2.75, 3.05) is 12.4 Å². The average Bonchev–Trinajstić information content (AvgIpc) is 2.49. The molecule has 0 saturated heterocycles. The van der Waals surface area contributed by atoms with Gasteiger partial charge in [-0.1, -0.05) is 0 Å². The number of rotatable bonds is 8. The van der Waals surface area contributed by atoms with Crippen LogP contribution < -0.4 is 0 Å². The maximum absolute atomic E-state index is 13.4. The predicted octanol–water partition coefficient (Wildman–Crippen LogP) is 2.71. The molecule has 0 aromatic carbocycles. The van der Waals surface area contributed by atoms with Crippen molar-refractivity contribution in [2.24, 2.45) is 23.2 Å². The van der Waals surface area contributed by atoms with Gasteiger partial charge in [-0.2, -0.15) is 26.0 Å². The summed E-state index contributed by atoms with van der Waals surface area (Å²) < 4.78 is 113. The summed E-state index contributed by atoms with van der Waals surface area (Å²) >= 11 is 0. The van der Waals surface area contributed by atoms with E-state index in [1.165, 1.54) is 0 Å². The summed E-state index contributed by atoms with van der Waals surface area (Å²) in [6, 6.07) is 0. The Morgan fingerprint density at radius 1 is 0.926 bits per heavy atom. The highest BCUT2D eigenvalue weighted by atomic mass is 32.2. The van der Waals surface area contributed by atoms with E-state index in [0.29, 0.717) is 17.8 Å². The van der Waals surface area contributed by atoms with Crippen LogP contribution in [0.2, 0.25) is 0 Å². The smallest absolute Gasteiger partial charge is 0.396 e. The van der Waals surface area contributed by atoms with Gasteiger partial charge in [0.15, 0.2) is 10.1 Å². The Kier molecular flexibility index (Phi) is 5.14. The van der Waals surface area contributed by atoms with Gasteiger partial charge >= 0.3 is 11.2 Å². The Hall–Kier alpha value is -0.460. The number of hydrogen-bond donors (Lipinski definition) is 0. The van der Waals surface area contributed by atoms with Crippen LogP contribution in [0.4, 0.5) is 17.6 Å². The molecular weight excluding hydrogens is 416 g/mol. The molecule has 0 spiro atoms. The van der Waals surface area contributed by atoms with Crippen molar-refractivity contribution in [3.8, 4) is 0 Å². The highest BCUT2D eigenvalue weighted by Gasteiger charge is 2.61. The summed E-state index contributed by atoms with van der Waals surface area (Å²) in [4.78, 5) is 0. The number of hydrogen-bond acceptors (Lipinski definition) is 6. The molecule has 0 unspecified atom stereocenters. The molecule has 4 saturated carbocycles. The van der Waals surface area contributed by atoms with Gasteiger partial charge in [-0.05, 0) is 61.7 Å². The summed E-state index contributed by atoms with van der Waals surface area (Å²) in [6.07, 6.45) is 3.71. The Morgan fingerprint density at radius 3 is 1.78 bits per heavy atom. The van der Waals surface area contributed by atoms with Gasteiger partial charge in [0, 0.05) is 6.42 Å². The topological polar surface area (TPSA) is 101 Å². The third-order valence-electron chi connectivity index (χ3n) is 6.12. The Balaban J connectivity index is 1.60. The van der Waals surface area contributed by atoms with Crippen molar-refractivity contribution in [3.05, 3.63) is 0 Å². The van der Waals surface area contributed by atoms with Crippen LogP contribution in [-0.4, -0.2) is 44.9 Å². The van der Waals surface area contributed by atoms with Gasteiger partial charge in [-0.3, -0.25) is 4.18 Å². The van der Waals surface area contributed by atoms with Gasteiger partial charge < -0.3 is 4.55 Å². The lowest BCUT2D eigenvalue weighted by molar-refractivity contribution is -0.161. The van der Waals surface area contributed by atoms with E-state index in [1.807, 2.05) is 0 Å². The van der Waals surface area contributed by atoms with Crippen LogP contribution in [0.5, 0.6) is 0 Å². The van der Waals surface area contributed by atoms with Crippen molar-refractivity contribution in [3.63, 3.8) is 0 Å². The van der Waals surface area contributed by atoms with E-state index in [1.54, 1.807) is 0 Å².